The molecule has 0 aliphatic heterocycles. The van der Waals surface area contributed by atoms with Gasteiger partial charge in [-0.15, -0.1) is 0 Å². The standard InChI is InChI=1S/C11H16N2O3/c1-3-9(14)5-4-6-13-8-7-12(2)10(15)11(13)16/h7-8H,3-6H2,1-2H3. The number of hydrogen-bond donors (Lipinski definition) is 0. The van der Waals surface area contributed by atoms with Crippen molar-refractivity contribution in [2.24, 2.45) is 7.05 Å². The van der Waals surface area contributed by atoms with Crippen LogP contribution in [0.25, 0.3) is 0 Å². The quantitative estimate of drug-likeness (QED) is 0.676. The van der Waals surface area contributed by atoms with E-state index in [4.69, 9.17) is 0 Å². The van der Waals surface area contributed by atoms with Crippen molar-refractivity contribution in [2.75, 3.05) is 0 Å². The maximum atomic E-state index is 11.5. The van der Waals surface area contributed by atoms with Crippen molar-refractivity contribution >= 4 is 5.78 Å². The summed E-state index contributed by atoms with van der Waals surface area (Å²) in [5.74, 6) is 0.178. The predicted octanol–water partition coefficient (Wildman–Crippen LogP) is 0.306. The Morgan fingerprint density at radius 2 is 1.94 bits per heavy atom. The van der Waals surface area contributed by atoms with E-state index in [1.165, 1.54) is 16.2 Å². The summed E-state index contributed by atoms with van der Waals surface area (Å²) in [6.45, 7) is 2.23. The second kappa shape index (κ2) is 5.44. The van der Waals surface area contributed by atoms with E-state index >= 15 is 0 Å². The van der Waals surface area contributed by atoms with Crippen molar-refractivity contribution in [3.8, 4) is 0 Å². The minimum absolute atomic E-state index is 0.178. The van der Waals surface area contributed by atoms with Crippen molar-refractivity contribution in [1.82, 2.24) is 9.13 Å². The van der Waals surface area contributed by atoms with Crippen molar-refractivity contribution < 1.29 is 4.79 Å². The molecule has 0 saturated heterocycles. The molecule has 0 N–H and O–H groups in total. The molecule has 1 aromatic rings. The number of aryl methyl sites for hydroxylation is 2. The maximum absolute atomic E-state index is 11.5. The van der Waals surface area contributed by atoms with E-state index < -0.39 is 11.1 Å². The third-order valence-corrected chi connectivity index (χ3v) is 2.48. The normalized spacial score (nSPS) is 10.4. The molecule has 5 heteroatoms. The molecule has 0 spiro atoms. The minimum atomic E-state index is -0.538. The molecule has 88 valence electrons. The third-order valence-electron chi connectivity index (χ3n) is 2.48. The first-order valence-electron chi connectivity index (χ1n) is 5.34. The molecule has 16 heavy (non-hydrogen) atoms. The van der Waals surface area contributed by atoms with E-state index in [1.807, 2.05) is 6.92 Å². The lowest BCUT2D eigenvalue weighted by molar-refractivity contribution is -0.118. The molecule has 1 heterocycles. The highest BCUT2D eigenvalue weighted by Gasteiger charge is 2.03. The van der Waals surface area contributed by atoms with Crippen molar-refractivity contribution in [2.45, 2.75) is 32.7 Å². The Morgan fingerprint density at radius 1 is 1.25 bits per heavy atom. The molecular weight excluding hydrogens is 208 g/mol. The van der Waals surface area contributed by atoms with Gasteiger partial charge in [-0.1, -0.05) is 6.92 Å². The van der Waals surface area contributed by atoms with E-state index in [2.05, 4.69) is 0 Å². The number of carbonyl (C=O) groups excluding carboxylic acids is 1. The second-order valence-corrected chi connectivity index (χ2v) is 3.71. The molecule has 0 bridgehead atoms. The van der Waals surface area contributed by atoms with Crippen LogP contribution in [0.15, 0.2) is 22.0 Å². The Morgan fingerprint density at radius 3 is 2.56 bits per heavy atom. The van der Waals surface area contributed by atoms with Crippen molar-refractivity contribution in [3.05, 3.63) is 33.1 Å². The van der Waals surface area contributed by atoms with Gasteiger partial charge in [-0.2, -0.15) is 0 Å². The lowest BCUT2D eigenvalue weighted by Gasteiger charge is -2.05. The van der Waals surface area contributed by atoms with Gasteiger partial charge < -0.3 is 9.13 Å². The zero-order valence-corrected chi connectivity index (χ0v) is 9.60. The summed E-state index contributed by atoms with van der Waals surface area (Å²) in [5, 5.41) is 0. The minimum Gasteiger partial charge on any atom is -0.312 e. The fraction of sp³-hybridized carbons (Fsp3) is 0.545. The fourth-order valence-electron chi connectivity index (χ4n) is 1.39. The molecule has 1 aromatic heterocycles. The van der Waals surface area contributed by atoms with Gasteiger partial charge in [-0.3, -0.25) is 14.4 Å². The molecule has 0 fully saturated rings. The summed E-state index contributed by atoms with van der Waals surface area (Å²) in [6.07, 6.45) is 4.69. The van der Waals surface area contributed by atoms with E-state index in [9.17, 15) is 14.4 Å². The number of Topliss-reactive ketones (excluding diaryl/α,β-unsaturated/α-hetero) is 1. The van der Waals surface area contributed by atoms with Crippen LogP contribution in [-0.2, 0) is 18.4 Å². The molecule has 0 unspecified atom stereocenters. The monoisotopic (exact) mass is 224 g/mol. The molecule has 0 atom stereocenters. The molecule has 5 nitrogen and oxygen atoms in total. The predicted molar refractivity (Wildman–Crippen MR) is 60.5 cm³/mol. The number of ketones is 1. The Bertz CT molecular complexity index is 485. The molecule has 0 aromatic carbocycles. The summed E-state index contributed by atoms with van der Waals surface area (Å²) < 4.78 is 2.60. The maximum Gasteiger partial charge on any atom is 0.316 e. The van der Waals surface area contributed by atoms with Gasteiger partial charge in [0, 0.05) is 38.8 Å². The topological polar surface area (TPSA) is 61.1 Å². The third kappa shape index (κ3) is 2.92. The summed E-state index contributed by atoms with van der Waals surface area (Å²) in [4.78, 5) is 33.8. The van der Waals surface area contributed by atoms with Crippen LogP contribution < -0.4 is 11.1 Å². The smallest absolute Gasteiger partial charge is 0.312 e. The molecule has 0 radical (unpaired) electrons. The molecule has 1 rings (SSSR count). The summed E-state index contributed by atoms with van der Waals surface area (Å²) in [6, 6.07) is 0. The van der Waals surface area contributed by atoms with E-state index in [-0.39, 0.29) is 5.78 Å². The summed E-state index contributed by atoms with van der Waals surface area (Å²) >= 11 is 0. The van der Waals surface area contributed by atoms with Gasteiger partial charge in [0.2, 0.25) is 0 Å². The van der Waals surface area contributed by atoms with Crippen LogP contribution in [-0.4, -0.2) is 14.9 Å². The van der Waals surface area contributed by atoms with Crippen LogP contribution >= 0.6 is 0 Å². The molecule has 0 aliphatic rings. The SMILES string of the molecule is CCC(=O)CCCn1ccn(C)c(=O)c1=O. The average molecular weight is 224 g/mol. The average Bonchev–Trinajstić information content (AvgIpc) is 2.29. The largest absolute Gasteiger partial charge is 0.316 e. The van der Waals surface area contributed by atoms with Gasteiger partial charge in [0.05, 0.1) is 0 Å². The fourth-order valence-corrected chi connectivity index (χ4v) is 1.39. The van der Waals surface area contributed by atoms with Crippen molar-refractivity contribution in [1.29, 1.82) is 0 Å². The highest BCUT2D eigenvalue weighted by Crippen LogP contribution is 1.96. The van der Waals surface area contributed by atoms with Gasteiger partial charge in [-0.25, -0.2) is 0 Å². The Hall–Kier alpha value is -1.65. The number of rotatable bonds is 5. The van der Waals surface area contributed by atoms with Gasteiger partial charge in [-0.05, 0) is 6.42 Å². The first kappa shape index (κ1) is 12.4. The number of nitrogens with zero attached hydrogens (tertiary/aromatic N) is 2. The molecule has 0 saturated carbocycles. The second-order valence-electron chi connectivity index (χ2n) is 3.71. The zero-order valence-electron chi connectivity index (χ0n) is 9.60. The molecule has 0 aliphatic carbocycles. The van der Waals surface area contributed by atoms with Gasteiger partial charge in [0.1, 0.15) is 5.78 Å². The van der Waals surface area contributed by atoms with Crippen molar-refractivity contribution in [3.63, 3.8) is 0 Å². The lowest BCUT2D eigenvalue weighted by atomic mass is 10.2. The van der Waals surface area contributed by atoms with E-state index in [0.717, 1.165) is 0 Å². The number of carbonyl (C=O) groups is 1. The highest BCUT2D eigenvalue weighted by molar-refractivity contribution is 5.77. The van der Waals surface area contributed by atoms with Crippen LogP contribution in [0, 0.1) is 0 Å². The first-order chi connectivity index (χ1) is 7.56. The van der Waals surface area contributed by atoms with E-state index in [1.54, 1.807) is 12.4 Å². The molecule has 0 amide bonds. The Balaban J connectivity index is 2.69. The zero-order chi connectivity index (χ0) is 12.1. The van der Waals surface area contributed by atoms with Gasteiger partial charge >= 0.3 is 11.1 Å². The Kier molecular flexibility index (Phi) is 4.22. The number of aromatic nitrogens is 2. The van der Waals surface area contributed by atoms with E-state index in [0.29, 0.717) is 25.8 Å². The lowest BCUT2D eigenvalue weighted by Crippen LogP contribution is -2.39. The van der Waals surface area contributed by atoms with Crippen LogP contribution in [0.5, 0.6) is 0 Å². The van der Waals surface area contributed by atoms with Gasteiger partial charge in [0.25, 0.3) is 0 Å². The van der Waals surface area contributed by atoms with Crippen LogP contribution in [0.4, 0.5) is 0 Å². The summed E-state index contributed by atoms with van der Waals surface area (Å²) in [7, 11) is 1.54. The first-order valence-corrected chi connectivity index (χ1v) is 5.34. The Labute approximate surface area is 93.3 Å². The van der Waals surface area contributed by atoms with Gasteiger partial charge in [0.15, 0.2) is 0 Å². The van der Waals surface area contributed by atoms with Crippen LogP contribution in [0.2, 0.25) is 0 Å². The number of hydrogen-bond acceptors (Lipinski definition) is 3. The molecular formula is C11H16N2O3. The highest BCUT2D eigenvalue weighted by atomic mass is 16.2. The van der Waals surface area contributed by atoms with Crippen LogP contribution in [0.1, 0.15) is 26.2 Å². The summed E-state index contributed by atoms with van der Waals surface area (Å²) in [5.41, 5.74) is -1.07. The van der Waals surface area contributed by atoms with Crippen LogP contribution in [0.3, 0.4) is 0 Å².